The normalized spacial score (nSPS) is 40.1. The molecule has 0 radical (unpaired) electrons. The van der Waals surface area contributed by atoms with Crippen LogP contribution < -0.4 is 0 Å². The number of hydrogen-bond donors (Lipinski definition) is 0. The topological polar surface area (TPSA) is 12.9 Å². The van der Waals surface area contributed by atoms with E-state index >= 15 is 0 Å². The third-order valence-corrected chi connectivity index (χ3v) is 8.32. The van der Waals surface area contributed by atoms with Gasteiger partial charge in [0.15, 0.2) is 0 Å². The van der Waals surface area contributed by atoms with Crippen LogP contribution in [0.2, 0.25) is 0 Å². The highest BCUT2D eigenvalue weighted by molar-refractivity contribution is 5.78. The van der Waals surface area contributed by atoms with Crippen molar-refractivity contribution in [2.24, 2.45) is 28.6 Å². The molecule has 4 aliphatic carbocycles. The molecule has 0 amide bonds. The van der Waals surface area contributed by atoms with Gasteiger partial charge in [0, 0.05) is 17.8 Å². The smallest absolute Gasteiger partial charge is 0.0343 e. The Morgan fingerprint density at radius 3 is 2.78 bits per heavy atom. The van der Waals surface area contributed by atoms with Crippen LogP contribution in [0.4, 0.5) is 0 Å². The van der Waals surface area contributed by atoms with Crippen molar-refractivity contribution in [3.63, 3.8) is 0 Å². The molecule has 1 heterocycles. The average Bonchev–Trinajstić information content (AvgIpc) is 3.01. The number of aromatic nitrogens is 1. The molecule has 0 aromatic carbocycles. The lowest BCUT2D eigenvalue weighted by molar-refractivity contribution is 0.0605. The zero-order valence-electron chi connectivity index (χ0n) is 17.1. The Morgan fingerprint density at radius 2 is 2.00 bits per heavy atom. The van der Waals surface area contributed by atoms with Gasteiger partial charge in [-0.25, -0.2) is 0 Å². The molecule has 0 N–H and O–H groups in total. The largest absolute Gasteiger partial charge is 0.264 e. The summed E-state index contributed by atoms with van der Waals surface area (Å²) in [4.78, 5) is 4.39. The molecule has 0 spiro atoms. The number of hydrogen-bond acceptors (Lipinski definition) is 1. The van der Waals surface area contributed by atoms with Gasteiger partial charge >= 0.3 is 0 Å². The second-order valence-electron chi connectivity index (χ2n) is 9.83. The second kappa shape index (κ2) is 5.80. The number of nitrogens with zero attached hydrogens (tertiary/aromatic N) is 1. The number of rotatable bonds is 1. The van der Waals surface area contributed by atoms with Crippen molar-refractivity contribution in [2.75, 3.05) is 0 Å². The van der Waals surface area contributed by atoms with E-state index in [0.29, 0.717) is 11.3 Å². The molecule has 5 rings (SSSR count). The standard InChI is InChI=1S/C26H31N/c1-17-9-11-26(4)23-10-12-25(3)21(19-6-5-13-27-16-19)7-8-22(25)20(23)15-18(2)24(26)14-17/h5-9,13-14,16,18,20,23H,10-12,15H2,1-4H3/t18?,20-,23-,25+,26+/m0/s1. The van der Waals surface area contributed by atoms with Crippen LogP contribution >= 0.6 is 0 Å². The summed E-state index contributed by atoms with van der Waals surface area (Å²) in [6.45, 7) is 9.79. The van der Waals surface area contributed by atoms with Crippen molar-refractivity contribution < 1.29 is 0 Å². The second-order valence-corrected chi connectivity index (χ2v) is 9.83. The highest BCUT2D eigenvalue weighted by Crippen LogP contribution is 2.66. The maximum atomic E-state index is 4.39. The van der Waals surface area contributed by atoms with Gasteiger partial charge in [-0.05, 0) is 73.0 Å². The predicted molar refractivity (Wildman–Crippen MR) is 113 cm³/mol. The summed E-state index contributed by atoms with van der Waals surface area (Å²) in [7, 11) is 0. The lowest BCUT2D eigenvalue weighted by Crippen LogP contribution is -2.48. The van der Waals surface area contributed by atoms with Gasteiger partial charge in [0.1, 0.15) is 0 Å². The highest BCUT2D eigenvalue weighted by Gasteiger charge is 2.55. The van der Waals surface area contributed by atoms with Gasteiger partial charge in [-0.15, -0.1) is 0 Å². The lowest BCUT2D eigenvalue weighted by Gasteiger charge is -2.57. The van der Waals surface area contributed by atoms with Crippen LogP contribution in [-0.4, -0.2) is 4.98 Å². The maximum Gasteiger partial charge on any atom is 0.0343 e. The monoisotopic (exact) mass is 357 g/mol. The van der Waals surface area contributed by atoms with Gasteiger partial charge < -0.3 is 0 Å². The quantitative estimate of drug-likeness (QED) is 0.541. The van der Waals surface area contributed by atoms with Gasteiger partial charge in [0.25, 0.3) is 0 Å². The van der Waals surface area contributed by atoms with Crippen LogP contribution in [0.15, 0.2) is 65.5 Å². The Labute approximate surface area is 164 Å². The SMILES string of the molecule is CC1=CC[C@@]2(C)C(=C1)C(C)C[C@H]1C3=CC=C(c4cccnc4)[C@@]3(C)CC[C@@H]12. The molecule has 5 atom stereocenters. The average molecular weight is 358 g/mol. The Kier molecular flexibility index (Phi) is 3.70. The first-order valence-electron chi connectivity index (χ1n) is 10.7. The van der Waals surface area contributed by atoms with Gasteiger partial charge in [0.05, 0.1) is 0 Å². The van der Waals surface area contributed by atoms with Crippen LogP contribution in [0, 0.1) is 28.6 Å². The molecule has 27 heavy (non-hydrogen) atoms. The minimum Gasteiger partial charge on any atom is -0.264 e. The van der Waals surface area contributed by atoms with Crippen molar-refractivity contribution in [2.45, 2.75) is 53.4 Å². The number of allylic oxidation sites excluding steroid dienone is 8. The summed E-state index contributed by atoms with van der Waals surface area (Å²) in [5.41, 5.74) is 8.23. The molecular formula is C26H31N. The van der Waals surface area contributed by atoms with Crippen molar-refractivity contribution in [1.82, 2.24) is 4.98 Å². The predicted octanol–water partition coefficient (Wildman–Crippen LogP) is 6.76. The Hall–Kier alpha value is -1.89. The first-order valence-corrected chi connectivity index (χ1v) is 10.7. The molecule has 1 unspecified atom stereocenters. The zero-order chi connectivity index (χ0) is 18.8. The molecular weight excluding hydrogens is 326 g/mol. The summed E-state index contributed by atoms with van der Waals surface area (Å²) in [5.74, 6) is 2.19. The fraction of sp³-hybridized carbons (Fsp3) is 0.500. The van der Waals surface area contributed by atoms with Crippen molar-refractivity contribution in [3.05, 3.63) is 71.1 Å². The molecule has 0 saturated heterocycles. The van der Waals surface area contributed by atoms with E-state index in [4.69, 9.17) is 0 Å². The van der Waals surface area contributed by atoms with Crippen molar-refractivity contribution >= 4 is 5.57 Å². The highest BCUT2D eigenvalue weighted by atomic mass is 14.6. The van der Waals surface area contributed by atoms with Crippen molar-refractivity contribution in [3.8, 4) is 0 Å². The summed E-state index contributed by atoms with van der Waals surface area (Å²) in [6, 6.07) is 4.30. The lowest BCUT2D eigenvalue weighted by atomic mass is 9.47. The van der Waals surface area contributed by atoms with Gasteiger partial charge in [-0.2, -0.15) is 0 Å². The molecule has 1 aromatic heterocycles. The van der Waals surface area contributed by atoms with Gasteiger partial charge in [0.2, 0.25) is 0 Å². The van der Waals surface area contributed by atoms with E-state index in [0.717, 1.165) is 11.8 Å². The maximum absolute atomic E-state index is 4.39. The Bertz CT molecular complexity index is 899. The minimum atomic E-state index is 0.196. The van der Waals surface area contributed by atoms with Crippen LogP contribution in [0.5, 0.6) is 0 Å². The van der Waals surface area contributed by atoms with E-state index in [9.17, 15) is 0 Å². The number of pyridine rings is 1. The van der Waals surface area contributed by atoms with Gasteiger partial charge in [-0.3, -0.25) is 4.98 Å². The third-order valence-electron chi connectivity index (χ3n) is 8.32. The third kappa shape index (κ3) is 2.33. The first-order chi connectivity index (χ1) is 12.9. The molecule has 4 aliphatic rings. The van der Waals surface area contributed by atoms with E-state index in [-0.39, 0.29) is 5.41 Å². The molecule has 1 aromatic rings. The van der Waals surface area contributed by atoms with E-state index < -0.39 is 0 Å². The molecule has 2 fully saturated rings. The summed E-state index contributed by atoms with van der Waals surface area (Å²) in [6.07, 6.45) is 18.9. The van der Waals surface area contributed by atoms with E-state index in [1.165, 1.54) is 42.4 Å². The summed E-state index contributed by atoms with van der Waals surface area (Å²) in [5, 5.41) is 0. The number of fused-ring (bicyclic) bond motifs is 5. The van der Waals surface area contributed by atoms with Crippen LogP contribution in [0.3, 0.4) is 0 Å². The molecule has 1 heteroatoms. The molecule has 2 saturated carbocycles. The Balaban J connectivity index is 1.52. The van der Waals surface area contributed by atoms with Crippen LogP contribution in [0.25, 0.3) is 5.57 Å². The van der Waals surface area contributed by atoms with E-state index in [1.54, 1.807) is 11.1 Å². The molecule has 1 nitrogen and oxygen atoms in total. The first kappa shape index (κ1) is 17.2. The fourth-order valence-electron chi connectivity index (χ4n) is 6.90. The minimum absolute atomic E-state index is 0.196. The summed E-state index contributed by atoms with van der Waals surface area (Å²) >= 11 is 0. The summed E-state index contributed by atoms with van der Waals surface area (Å²) < 4.78 is 0. The molecule has 0 aliphatic heterocycles. The van der Waals surface area contributed by atoms with E-state index in [1.807, 2.05) is 12.4 Å². The zero-order valence-corrected chi connectivity index (χ0v) is 17.1. The fourth-order valence-corrected chi connectivity index (χ4v) is 6.90. The van der Waals surface area contributed by atoms with E-state index in [2.05, 4.69) is 69.1 Å². The van der Waals surface area contributed by atoms with Crippen molar-refractivity contribution in [1.29, 1.82) is 0 Å². The Morgan fingerprint density at radius 1 is 1.15 bits per heavy atom. The molecule has 140 valence electrons. The molecule has 0 bridgehead atoms. The van der Waals surface area contributed by atoms with Crippen LogP contribution in [-0.2, 0) is 0 Å². The van der Waals surface area contributed by atoms with Crippen LogP contribution in [0.1, 0.15) is 58.9 Å². The van der Waals surface area contributed by atoms with Gasteiger partial charge in [-0.1, -0.05) is 67.9 Å².